The maximum atomic E-state index is 11.9. The Bertz CT molecular complexity index is 619. The number of carbonyl (C=O) groups is 1. The summed E-state index contributed by atoms with van der Waals surface area (Å²) in [7, 11) is 0. The summed E-state index contributed by atoms with van der Waals surface area (Å²) in [5.41, 5.74) is 1.20. The Balaban J connectivity index is 2.10. The van der Waals surface area contributed by atoms with E-state index < -0.39 is 0 Å². The van der Waals surface area contributed by atoms with Crippen LogP contribution >= 0.6 is 45.8 Å². The lowest BCUT2D eigenvalue weighted by atomic mass is 10.3. The summed E-state index contributed by atoms with van der Waals surface area (Å²) in [5.74, 6) is 0. The number of benzene rings is 2. The van der Waals surface area contributed by atoms with Crippen LogP contribution in [0.1, 0.15) is 0 Å². The summed E-state index contributed by atoms with van der Waals surface area (Å²) in [6.45, 7) is 0. The molecule has 0 aliphatic heterocycles. The Hall–Kier alpha value is -0.980. The highest BCUT2D eigenvalue weighted by molar-refractivity contribution is 14.1. The number of carbonyl (C=O) groups excluding carboxylic acids is 1. The predicted octanol–water partition coefficient (Wildman–Crippen LogP) is 5.24. The number of rotatable bonds is 2. The number of hydrogen-bond acceptors (Lipinski definition) is 1. The normalized spacial score (nSPS) is 10.1. The molecule has 0 fully saturated rings. The Kier molecular flexibility index (Phi) is 4.90. The summed E-state index contributed by atoms with van der Waals surface area (Å²) >= 11 is 14.0. The van der Waals surface area contributed by atoms with Gasteiger partial charge in [0.25, 0.3) is 0 Å². The number of nitrogens with one attached hydrogen (secondary N) is 2. The highest BCUT2D eigenvalue weighted by atomic mass is 127. The van der Waals surface area contributed by atoms with Crippen molar-refractivity contribution in [2.45, 2.75) is 0 Å². The van der Waals surface area contributed by atoms with Gasteiger partial charge in [-0.15, -0.1) is 0 Å². The van der Waals surface area contributed by atoms with E-state index in [0.717, 1.165) is 9.26 Å². The zero-order valence-electron chi connectivity index (χ0n) is 9.58. The van der Waals surface area contributed by atoms with Crippen LogP contribution in [-0.2, 0) is 0 Å². The van der Waals surface area contributed by atoms with Gasteiger partial charge in [-0.3, -0.25) is 0 Å². The quantitative estimate of drug-likeness (QED) is 0.657. The van der Waals surface area contributed by atoms with Crippen molar-refractivity contribution < 1.29 is 4.79 Å². The molecule has 2 aromatic rings. The minimum atomic E-state index is -0.367. The first-order valence-electron chi connectivity index (χ1n) is 5.34. The molecule has 0 aromatic heterocycles. The highest BCUT2D eigenvalue weighted by Gasteiger charge is 2.08. The lowest BCUT2D eigenvalue weighted by Crippen LogP contribution is -2.20. The van der Waals surface area contributed by atoms with E-state index in [1.165, 1.54) is 0 Å². The van der Waals surface area contributed by atoms with Crippen LogP contribution in [0.2, 0.25) is 10.0 Å². The van der Waals surface area contributed by atoms with Crippen molar-refractivity contribution in [2.24, 2.45) is 0 Å². The second-order valence-electron chi connectivity index (χ2n) is 3.68. The molecule has 98 valence electrons. The van der Waals surface area contributed by atoms with Crippen molar-refractivity contribution >= 4 is 63.2 Å². The van der Waals surface area contributed by atoms with Crippen molar-refractivity contribution in [1.82, 2.24) is 0 Å². The van der Waals surface area contributed by atoms with Crippen LogP contribution in [-0.4, -0.2) is 6.03 Å². The summed E-state index contributed by atoms with van der Waals surface area (Å²) in [5, 5.41) is 6.34. The lowest BCUT2D eigenvalue weighted by molar-refractivity contribution is 0.262. The summed E-state index contributed by atoms with van der Waals surface area (Å²) in [4.78, 5) is 11.9. The molecule has 0 atom stereocenters. The van der Waals surface area contributed by atoms with Gasteiger partial charge in [0.2, 0.25) is 0 Å². The number of urea groups is 1. The van der Waals surface area contributed by atoms with Crippen LogP contribution in [0.3, 0.4) is 0 Å². The third-order valence-electron chi connectivity index (χ3n) is 2.30. The fourth-order valence-electron chi connectivity index (χ4n) is 1.43. The largest absolute Gasteiger partial charge is 0.323 e. The maximum absolute atomic E-state index is 11.9. The van der Waals surface area contributed by atoms with E-state index >= 15 is 0 Å². The average molecular weight is 407 g/mol. The Morgan fingerprint density at radius 1 is 1.00 bits per heavy atom. The molecule has 0 saturated carbocycles. The van der Waals surface area contributed by atoms with Gasteiger partial charge in [-0.1, -0.05) is 35.3 Å². The first-order chi connectivity index (χ1) is 9.06. The standard InChI is InChI=1S/C13H9Cl2IN2O/c14-8-5-6-9(15)12(7-8)18-13(19)17-11-4-2-1-3-10(11)16/h1-7H,(H2,17,18,19). The van der Waals surface area contributed by atoms with Crippen LogP contribution in [0.15, 0.2) is 42.5 Å². The molecule has 2 rings (SSSR count). The smallest absolute Gasteiger partial charge is 0.307 e. The number of anilines is 2. The fraction of sp³-hybridized carbons (Fsp3) is 0. The Labute approximate surface area is 134 Å². The van der Waals surface area contributed by atoms with E-state index in [2.05, 4.69) is 33.2 Å². The average Bonchev–Trinajstić information content (AvgIpc) is 2.37. The van der Waals surface area contributed by atoms with Crippen molar-refractivity contribution in [2.75, 3.05) is 10.6 Å². The van der Waals surface area contributed by atoms with E-state index in [0.29, 0.717) is 15.7 Å². The van der Waals surface area contributed by atoms with Gasteiger partial charge >= 0.3 is 6.03 Å². The first-order valence-corrected chi connectivity index (χ1v) is 7.17. The molecule has 3 nitrogen and oxygen atoms in total. The van der Waals surface area contributed by atoms with Gasteiger partial charge in [-0.25, -0.2) is 4.79 Å². The van der Waals surface area contributed by atoms with Gasteiger partial charge in [0.1, 0.15) is 0 Å². The molecular weight excluding hydrogens is 398 g/mol. The zero-order valence-corrected chi connectivity index (χ0v) is 13.3. The maximum Gasteiger partial charge on any atom is 0.323 e. The number of para-hydroxylation sites is 1. The SMILES string of the molecule is O=C(Nc1cc(Cl)ccc1Cl)Nc1ccccc1I. The topological polar surface area (TPSA) is 41.1 Å². The van der Waals surface area contributed by atoms with E-state index in [1.54, 1.807) is 18.2 Å². The van der Waals surface area contributed by atoms with Crippen LogP contribution in [0, 0.1) is 3.57 Å². The van der Waals surface area contributed by atoms with E-state index in [4.69, 9.17) is 23.2 Å². The van der Waals surface area contributed by atoms with Gasteiger partial charge in [-0.2, -0.15) is 0 Å². The molecule has 0 unspecified atom stereocenters. The lowest BCUT2D eigenvalue weighted by Gasteiger charge is -2.10. The van der Waals surface area contributed by atoms with Gasteiger partial charge in [0.15, 0.2) is 0 Å². The van der Waals surface area contributed by atoms with E-state index in [9.17, 15) is 4.79 Å². The minimum absolute atomic E-state index is 0.367. The second kappa shape index (κ2) is 6.45. The Morgan fingerprint density at radius 2 is 1.68 bits per heavy atom. The Morgan fingerprint density at radius 3 is 2.42 bits per heavy atom. The van der Waals surface area contributed by atoms with Crippen molar-refractivity contribution in [3.63, 3.8) is 0 Å². The van der Waals surface area contributed by atoms with Crippen molar-refractivity contribution in [3.05, 3.63) is 56.1 Å². The molecule has 0 heterocycles. The zero-order chi connectivity index (χ0) is 13.8. The molecule has 0 bridgehead atoms. The predicted molar refractivity (Wildman–Crippen MR) is 88.3 cm³/mol. The van der Waals surface area contributed by atoms with E-state index in [-0.39, 0.29) is 6.03 Å². The van der Waals surface area contributed by atoms with Crippen LogP contribution in [0.25, 0.3) is 0 Å². The highest BCUT2D eigenvalue weighted by Crippen LogP contribution is 2.25. The van der Waals surface area contributed by atoms with Gasteiger partial charge in [0.05, 0.1) is 16.4 Å². The summed E-state index contributed by atoms with van der Waals surface area (Å²) in [6, 6.07) is 12.0. The molecule has 6 heteroatoms. The molecule has 19 heavy (non-hydrogen) atoms. The van der Waals surface area contributed by atoms with Gasteiger partial charge in [-0.05, 0) is 52.9 Å². The third-order valence-corrected chi connectivity index (χ3v) is 3.80. The number of hydrogen-bond donors (Lipinski definition) is 2. The first kappa shape index (κ1) is 14.4. The fourth-order valence-corrected chi connectivity index (χ4v) is 2.29. The number of amides is 2. The summed E-state index contributed by atoms with van der Waals surface area (Å²) < 4.78 is 0.951. The summed E-state index contributed by atoms with van der Waals surface area (Å²) in [6.07, 6.45) is 0. The molecule has 2 amide bonds. The molecule has 0 radical (unpaired) electrons. The van der Waals surface area contributed by atoms with Crippen LogP contribution in [0.5, 0.6) is 0 Å². The van der Waals surface area contributed by atoms with Gasteiger partial charge in [0, 0.05) is 8.59 Å². The van der Waals surface area contributed by atoms with Gasteiger partial charge < -0.3 is 10.6 Å². The third kappa shape index (κ3) is 3.99. The van der Waals surface area contributed by atoms with Crippen LogP contribution in [0.4, 0.5) is 16.2 Å². The monoisotopic (exact) mass is 406 g/mol. The van der Waals surface area contributed by atoms with Crippen molar-refractivity contribution in [1.29, 1.82) is 0 Å². The molecule has 2 N–H and O–H groups in total. The number of halogens is 3. The molecule has 0 saturated heterocycles. The second-order valence-corrected chi connectivity index (χ2v) is 5.69. The molecule has 2 aromatic carbocycles. The molecular formula is C13H9Cl2IN2O. The van der Waals surface area contributed by atoms with Crippen LogP contribution < -0.4 is 10.6 Å². The van der Waals surface area contributed by atoms with E-state index in [1.807, 2.05) is 24.3 Å². The molecule has 0 spiro atoms. The molecule has 0 aliphatic carbocycles. The van der Waals surface area contributed by atoms with Crippen molar-refractivity contribution in [3.8, 4) is 0 Å². The minimum Gasteiger partial charge on any atom is -0.307 e. The molecule has 0 aliphatic rings.